The Kier molecular flexibility index (Phi) is 9.69. The topological polar surface area (TPSA) is 59.0 Å². The van der Waals surface area contributed by atoms with Crippen LogP contribution in [-0.4, -0.2) is 42.2 Å². The quantitative estimate of drug-likeness (QED) is 0.356. The molecule has 0 spiro atoms. The minimum atomic E-state index is -0.0629. The molecule has 5 heteroatoms. The summed E-state index contributed by atoms with van der Waals surface area (Å²) in [7, 11) is 0. The normalized spacial score (nSPS) is 10.4. The largest absolute Gasteiger partial charge is 0.508 e. The van der Waals surface area contributed by atoms with Crippen LogP contribution in [0.3, 0.4) is 0 Å². The first-order chi connectivity index (χ1) is 15.0. The van der Waals surface area contributed by atoms with E-state index in [1.54, 1.807) is 53.5 Å². The van der Waals surface area contributed by atoms with Crippen molar-refractivity contribution in [2.45, 2.75) is 33.1 Å². The van der Waals surface area contributed by atoms with Gasteiger partial charge in [-0.1, -0.05) is 26.0 Å². The molecule has 0 saturated carbocycles. The number of ether oxygens (including phenoxy) is 2. The Morgan fingerprint density at radius 1 is 0.968 bits per heavy atom. The molecule has 0 fully saturated rings. The second-order valence-corrected chi connectivity index (χ2v) is 7.16. The lowest BCUT2D eigenvalue weighted by Gasteiger charge is -2.19. The van der Waals surface area contributed by atoms with Gasteiger partial charge in [-0.05, 0) is 60.4 Å². The maximum atomic E-state index is 12.6. The molecule has 0 bridgehead atoms. The van der Waals surface area contributed by atoms with Gasteiger partial charge in [0.2, 0.25) is 0 Å². The van der Waals surface area contributed by atoms with Gasteiger partial charge < -0.3 is 19.5 Å². The van der Waals surface area contributed by atoms with E-state index in [-0.39, 0.29) is 11.7 Å². The van der Waals surface area contributed by atoms with Crippen molar-refractivity contribution in [2.24, 2.45) is 0 Å². The van der Waals surface area contributed by atoms with Crippen LogP contribution in [0, 0.1) is 0 Å². The molecule has 1 amide bonds. The smallest absolute Gasteiger partial charge is 0.254 e. The standard InChI is InChI=1S/C26H33NO4/c1-5-14-27(15-6-2)26(29)22-10-12-24(13-11-22)30-16-9-17-31-25-20(7-3)18-23(28)19-21(25)8-4/h5-6,10-13,18-19,28H,1-2,7-9,14-17H2,3-4H3. The van der Waals surface area contributed by atoms with Gasteiger partial charge in [0, 0.05) is 25.1 Å². The van der Waals surface area contributed by atoms with Crippen molar-refractivity contribution in [3.63, 3.8) is 0 Å². The molecule has 0 atom stereocenters. The van der Waals surface area contributed by atoms with Crippen molar-refractivity contribution < 1.29 is 19.4 Å². The van der Waals surface area contributed by atoms with Crippen LogP contribution >= 0.6 is 0 Å². The predicted octanol–water partition coefficient (Wildman–Crippen LogP) is 5.18. The molecule has 0 radical (unpaired) electrons. The first-order valence-electron chi connectivity index (χ1n) is 10.7. The van der Waals surface area contributed by atoms with Crippen molar-refractivity contribution >= 4 is 5.91 Å². The molecular weight excluding hydrogens is 390 g/mol. The fourth-order valence-electron chi connectivity index (χ4n) is 3.30. The number of benzene rings is 2. The van der Waals surface area contributed by atoms with Gasteiger partial charge in [-0.15, -0.1) is 13.2 Å². The molecule has 2 aromatic carbocycles. The highest BCUT2D eigenvalue weighted by Crippen LogP contribution is 2.30. The summed E-state index contributed by atoms with van der Waals surface area (Å²) in [5.41, 5.74) is 2.63. The van der Waals surface area contributed by atoms with E-state index in [4.69, 9.17) is 9.47 Å². The van der Waals surface area contributed by atoms with Crippen LogP contribution in [0.5, 0.6) is 17.2 Å². The van der Waals surface area contributed by atoms with E-state index in [1.807, 2.05) is 13.8 Å². The van der Waals surface area contributed by atoms with Gasteiger partial charge in [0.15, 0.2) is 0 Å². The molecule has 0 saturated heterocycles. The Morgan fingerprint density at radius 3 is 2.03 bits per heavy atom. The Balaban J connectivity index is 1.85. The minimum absolute atomic E-state index is 0.0629. The van der Waals surface area contributed by atoms with Crippen LogP contribution in [0.25, 0.3) is 0 Å². The fourth-order valence-corrected chi connectivity index (χ4v) is 3.30. The molecule has 0 heterocycles. The molecule has 0 aliphatic carbocycles. The fraction of sp³-hybridized carbons (Fsp3) is 0.346. The molecular formula is C26H33NO4. The monoisotopic (exact) mass is 423 g/mol. The van der Waals surface area contributed by atoms with Gasteiger partial charge >= 0.3 is 0 Å². The van der Waals surface area contributed by atoms with E-state index < -0.39 is 0 Å². The number of aromatic hydroxyl groups is 1. The number of rotatable bonds is 13. The van der Waals surface area contributed by atoms with Gasteiger partial charge in [0.25, 0.3) is 5.91 Å². The lowest BCUT2D eigenvalue weighted by atomic mass is 10.0. The van der Waals surface area contributed by atoms with Crippen molar-refractivity contribution in [3.8, 4) is 17.2 Å². The number of nitrogens with zero attached hydrogens (tertiary/aromatic N) is 1. The molecule has 166 valence electrons. The zero-order chi connectivity index (χ0) is 22.6. The zero-order valence-electron chi connectivity index (χ0n) is 18.6. The zero-order valence-corrected chi connectivity index (χ0v) is 18.6. The summed E-state index contributed by atoms with van der Waals surface area (Å²) >= 11 is 0. The van der Waals surface area contributed by atoms with Gasteiger partial charge in [-0.3, -0.25) is 4.79 Å². The summed E-state index contributed by atoms with van der Waals surface area (Å²) in [6, 6.07) is 10.7. The van der Waals surface area contributed by atoms with Crippen molar-refractivity contribution in [2.75, 3.05) is 26.3 Å². The average molecular weight is 424 g/mol. The van der Waals surface area contributed by atoms with E-state index in [0.29, 0.717) is 37.6 Å². The first-order valence-corrected chi connectivity index (χ1v) is 10.7. The molecule has 0 unspecified atom stereocenters. The van der Waals surface area contributed by atoms with Crippen LogP contribution in [-0.2, 0) is 12.8 Å². The lowest BCUT2D eigenvalue weighted by Crippen LogP contribution is -2.31. The van der Waals surface area contributed by atoms with Gasteiger partial charge in [0.05, 0.1) is 13.2 Å². The number of phenols is 1. The minimum Gasteiger partial charge on any atom is -0.508 e. The Morgan fingerprint density at radius 2 is 1.52 bits per heavy atom. The van der Waals surface area contributed by atoms with Crippen LogP contribution in [0.1, 0.15) is 41.8 Å². The molecule has 0 aliphatic rings. The third kappa shape index (κ3) is 6.92. The van der Waals surface area contributed by atoms with Crippen LogP contribution in [0.15, 0.2) is 61.7 Å². The Hall–Kier alpha value is -3.21. The highest BCUT2D eigenvalue weighted by Gasteiger charge is 2.13. The summed E-state index contributed by atoms with van der Waals surface area (Å²) in [5.74, 6) is 1.80. The third-order valence-corrected chi connectivity index (χ3v) is 4.88. The molecule has 5 nitrogen and oxygen atoms in total. The number of amides is 1. The van der Waals surface area contributed by atoms with E-state index in [1.165, 1.54) is 0 Å². The molecule has 2 rings (SSSR count). The van der Waals surface area contributed by atoms with Crippen molar-refractivity contribution in [1.82, 2.24) is 4.90 Å². The summed E-state index contributed by atoms with van der Waals surface area (Å²) in [5, 5.41) is 9.85. The molecule has 0 aliphatic heterocycles. The predicted molar refractivity (Wildman–Crippen MR) is 125 cm³/mol. The maximum absolute atomic E-state index is 12.6. The summed E-state index contributed by atoms with van der Waals surface area (Å²) in [6.45, 7) is 13.5. The van der Waals surface area contributed by atoms with Crippen LogP contribution < -0.4 is 9.47 Å². The molecule has 1 N–H and O–H groups in total. The third-order valence-electron chi connectivity index (χ3n) is 4.88. The Labute approximate surface area is 185 Å². The second-order valence-electron chi connectivity index (χ2n) is 7.16. The molecule has 0 aromatic heterocycles. The number of carbonyl (C=O) groups is 1. The van der Waals surface area contributed by atoms with Crippen molar-refractivity contribution in [1.29, 1.82) is 0 Å². The highest BCUT2D eigenvalue weighted by molar-refractivity contribution is 5.94. The average Bonchev–Trinajstić information content (AvgIpc) is 2.78. The number of hydrogen-bond donors (Lipinski definition) is 1. The van der Waals surface area contributed by atoms with Crippen LogP contribution in [0.2, 0.25) is 0 Å². The first kappa shape index (κ1) is 24.1. The van der Waals surface area contributed by atoms with Crippen LogP contribution in [0.4, 0.5) is 0 Å². The number of hydrogen-bond acceptors (Lipinski definition) is 4. The van der Waals surface area contributed by atoms with Gasteiger partial charge in [-0.2, -0.15) is 0 Å². The SMILES string of the molecule is C=CCN(CC=C)C(=O)c1ccc(OCCCOc2c(CC)cc(O)cc2CC)cc1. The number of phenolic OH excluding ortho intramolecular Hbond substituents is 1. The maximum Gasteiger partial charge on any atom is 0.254 e. The summed E-state index contributed by atoms with van der Waals surface area (Å²) < 4.78 is 11.8. The Bertz CT molecular complexity index is 838. The van der Waals surface area contributed by atoms with Gasteiger partial charge in [-0.25, -0.2) is 0 Å². The van der Waals surface area contributed by atoms with E-state index >= 15 is 0 Å². The summed E-state index contributed by atoms with van der Waals surface area (Å²) in [6.07, 6.45) is 5.73. The number of carbonyl (C=O) groups excluding carboxylic acids is 1. The highest BCUT2D eigenvalue weighted by atomic mass is 16.5. The summed E-state index contributed by atoms with van der Waals surface area (Å²) in [4.78, 5) is 14.2. The molecule has 2 aromatic rings. The van der Waals surface area contributed by atoms with E-state index in [2.05, 4.69) is 13.2 Å². The second kappa shape index (κ2) is 12.5. The van der Waals surface area contributed by atoms with Gasteiger partial charge in [0.1, 0.15) is 17.2 Å². The van der Waals surface area contributed by atoms with E-state index in [9.17, 15) is 9.90 Å². The number of aryl methyl sites for hydroxylation is 2. The van der Waals surface area contributed by atoms with Crippen molar-refractivity contribution in [3.05, 3.63) is 78.4 Å². The lowest BCUT2D eigenvalue weighted by molar-refractivity contribution is 0.0791. The molecule has 31 heavy (non-hydrogen) atoms. The van der Waals surface area contributed by atoms with E-state index in [0.717, 1.165) is 36.1 Å².